The first-order valence-corrected chi connectivity index (χ1v) is 6.79. The Balaban J connectivity index is 2.24. The SMILES string of the molecule is CCc1cc(Br)ccc1N1CCCC(N)C1. The van der Waals surface area contributed by atoms with E-state index in [0.29, 0.717) is 6.04 Å². The second-order valence-electron chi connectivity index (χ2n) is 4.47. The van der Waals surface area contributed by atoms with Crippen molar-refractivity contribution in [3.8, 4) is 0 Å². The Hall–Kier alpha value is -0.540. The van der Waals surface area contributed by atoms with Gasteiger partial charge in [0.25, 0.3) is 0 Å². The molecule has 1 aromatic rings. The van der Waals surface area contributed by atoms with Gasteiger partial charge in [0.2, 0.25) is 0 Å². The highest BCUT2D eigenvalue weighted by Gasteiger charge is 2.18. The number of aryl methyl sites for hydroxylation is 1. The summed E-state index contributed by atoms with van der Waals surface area (Å²) in [6.45, 7) is 4.34. The molecule has 16 heavy (non-hydrogen) atoms. The van der Waals surface area contributed by atoms with Crippen LogP contribution in [0.3, 0.4) is 0 Å². The van der Waals surface area contributed by atoms with Crippen LogP contribution in [0, 0.1) is 0 Å². The third-order valence-electron chi connectivity index (χ3n) is 3.22. The summed E-state index contributed by atoms with van der Waals surface area (Å²) in [5, 5.41) is 0. The number of hydrogen-bond donors (Lipinski definition) is 1. The molecule has 88 valence electrons. The molecule has 0 bridgehead atoms. The molecule has 2 rings (SSSR count). The number of nitrogens with zero attached hydrogens (tertiary/aromatic N) is 1. The van der Waals surface area contributed by atoms with Gasteiger partial charge in [-0.2, -0.15) is 0 Å². The maximum Gasteiger partial charge on any atom is 0.0399 e. The summed E-state index contributed by atoms with van der Waals surface area (Å²) >= 11 is 3.53. The molecule has 0 aliphatic carbocycles. The molecule has 0 aromatic heterocycles. The molecule has 1 saturated heterocycles. The van der Waals surface area contributed by atoms with Crippen LogP contribution in [0.25, 0.3) is 0 Å². The smallest absolute Gasteiger partial charge is 0.0399 e. The van der Waals surface area contributed by atoms with E-state index in [1.54, 1.807) is 0 Å². The van der Waals surface area contributed by atoms with E-state index in [2.05, 4.69) is 46.0 Å². The minimum absolute atomic E-state index is 0.335. The highest BCUT2D eigenvalue weighted by atomic mass is 79.9. The molecule has 1 aromatic carbocycles. The Morgan fingerprint density at radius 1 is 1.50 bits per heavy atom. The van der Waals surface area contributed by atoms with Gasteiger partial charge in [-0.1, -0.05) is 22.9 Å². The lowest BCUT2D eigenvalue weighted by Gasteiger charge is -2.34. The highest BCUT2D eigenvalue weighted by Crippen LogP contribution is 2.27. The van der Waals surface area contributed by atoms with Crippen molar-refractivity contribution in [1.82, 2.24) is 0 Å². The molecule has 0 spiro atoms. The van der Waals surface area contributed by atoms with E-state index in [1.165, 1.54) is 17.7 Å². The Bertz CT molecular complexity index is 365. The van der Waals surface area contributed by atoms with Crippen molar-refractivity contribution in [2.24, 2.45) is 5.73 Å². The van der Waals surface area contributed by atoms with Gasteiger partial charge in [0.1, 0.15) is 0 Å². The second kappa shape index (κ2) is 5.19. The van der Waals surface area contributed by atoms with Gasteiger partial charge < -0.3 is 10.6 Å². The van der Waals surface area contributed by atoms with E-state index in [4.69, 9.17) is 5.73 Å². The van der Waals surface area contributed by atoms with Crippen molar-refractivity contribution < 1.29 is 0 Å². The highest BCUT2D eigenvalue weighted by molar-refractivity contribution is 9.10. The molecular weight excluding hydrogens is 264 g/mol. The lowest BCUT2D eigenvalue weighted by atomic mass is 10.0. The van der Waals surface area contributed by atoms with Crippen LogP contribution < -0.4 is 10.6 Å². The van der Waals surface area contributed by atoms with Gasteiger partial charge in [-0.15, -0.1) is 0 Å². The first kappa shape index (κ1) is 11.9. The van der Waals surface area contributed by atoms with E-state index in [0.717, 1.165) is 30.4 Å². The average Bonchev–Trinajstić information content (AvgIpc) is 2.28. The van der Waals surface area contributed by atoms with Crippen LogP contribution in [0.4, 0.5) is 5.69 Å². The maximum atomic E-state index is 6.03. The van der Waals surface area contributed by atoms with Crippen LogP contribution >= 0.6 is 15.9 Å². The molecule has 3 heteroatoms. The lowest BCUT2D eigenvalue weighted by molar-refractivity contribution is 0.505. The molecule has 0 amide bonds. The van der Waals surface area contributed by atoms with E-state index >= 15 is 0 Å². The third kappa shape index (κ3) is 2.58. The van der Waals surface area contributed by atoms with Crippen LogP contribution in [-0.4, -0.2) is 19.1 Å². The number of nitrogens with two attached hydrogens (primary N) is 1. The monoisotopic (exact) mass is 282 g/mol. The van der Waals surface area contributed by atoms with Crippen LogP contribution in [0.2, 0.25) is 0 Å². The minimum Gasteiger partial charge on any atom is -0.370 e. The molecule has 1 aliphatic rings. The predicted octanol–water partition coefficient (Wildman–Crippen LogP) is 2.94. The van der Waals surface area contributed by atoms with Gasteiger partial charge in [-0.05, 0) is 43.0 Å². The molecule has 0 radical (unpaired) electrons. The zero-order chi connectivity index (χ0) is 11.5. The van der Waals surface area contributed by atoms with E-state index in [9.17, 15) is 0 Å². The molecule has 2 nitrogen and oxygen atoms in total. The first-order chi connectivity index (χ1) is 7.70. The fraction of sp³-hybridized carbons (Fsp3) is 0.538. The number of piperidine rings is 1. The van der Waals surface area contributed by atoms with Gasteiger partial charge >= 0.3 is 0 Å². The first-order valence-electron chi connectivity index (χ1n) is 5.99. The van der Waals surface area contributed by atoms with E-state index < -0.39 is 0 Å². The van der Waals surface area contributed by atoms with E-state index in [-0.39, 0.29) is 0 Å². The fourth-order valence-electron chi connectivity index (χ4n) is 2.37. The van der Waals surface area contributed by atoms with Crippen molar-refractivity contribution in [2.45, 2.75) is 32.2 Å². The fourth-order valence-corrected chi connectivity index (χ4v) is 2.78. The number of halogens is 1. The zero-order valence-corrected chi connectivity index (χ0v) is 11.3. The Morgan fingerprint density at radius 2 is 2.31 bits per heavy atom. The topological polar surface area (TPSA) is 29.3 Å². The molecule has 1 atom stereocenters. The van der Waals surface area contributed by atoms with Crippen LogP contribution in [0.5, 0.6) is 0 Å². The number of benzene rings is 1. The normalized spacial score (nSPS) is 21.2. The van der Waals surface area contributed by atoms with Crippen molar-refractivity contribution in [1.29, 1.82) is 0 Å². The Labute approximate surface area is 106 Å². The summed E-state index contributed by atoms with van der Waals surface area (Å²) in [7, 11) is 0. The molecule has 1 unspecified atom stereocenters. The van der Waals surface area contributed by atoms with Crippen molar-refractivity contribution in [3.63, 3.8) is 0 Å². The lowest BCUT2D eigenvalue weighted by Crippen LogP contribution is -2.43. The van der Waals surface area contributed by atoms with E-state index in [1.807, 2.05) is 0 Å². The van der Waals surface area contributed by atoms with Gasteiger partial charge in [0.15, 0.2) is 0 Å². The zero-order valence-electron chi connectivity index (χ0n) is 9.75. The van der Waals surface area contributed by atoms with Crippen molar-refractivity contribution >= 4 is 21.6 Å². The van der Waals surface area contributed by atoms with Crippen LogP contribution in [0.1, 0.15) is 25.3 Å². The molecule has 1 fully saturated rings. The van der Waals surface area contributed by atoms with Gasteiger partial charge in [-0.3, -0.25) is 0 Å². The largest absolute Gasteiger partial charge is 0.370 e. The molecule has 2 N–H and O–H groups in total. The van der Waals surface area contributed by atoms with Crippen molar-refractivity contribution in [3.05, 3.63) is 28.2 Å². The third-order valence-corrected chi connectivity index (χ3v) is 3.71. The number of anilines is 1. The number of hydrogen-bond acceptors (Lipinski definition) is 2. The van der Waals surface area contributed by atoms with Crippen LogP contribution in [-0.2, 0) is 6.42 Å². The maximum absolute atomic E-state index is 6.03. The molecular formula is C13H19BrN2. The van der Waals surface area contributed by atoms with Gasteiger partial charge in [0, 0.05) is 29.3 Å². The summed E-state index contributed by atoms with van der Waals surface area (Å²) < 4.78 is 1.16. The standard InChI is InChI=1S/C13H19BrN2/c1-2-10-8-11(14)5-6-13(10)16-7-3-4-12(15)9-16/h5-6,8,12H,2-4,7,9,15H2,1H3. The molecule has 1 aliphatic heterocycles. The quantitative estimate of drug-likeness (QED) is 0.904. The summed E-state index contributed by atoms with van der Waals surface area (Å²) in [5.41, 5.74) is 8.80. The minimum atomic E-state index is 0.335. The molecule has 0 saturated carbocycles. The average molecular weight is 283 g/mol. The summed E-state index contributed by atoms with van der Waals surface area (Å²) in [6.07, 6.45) is 3.44. The second-order valence-corrected chi connectivity index (χ2v) is 5.39. The van der Waals surface area contributed by atoms with Crippen molar-refractivity contribution in [2.75, 3.05) is 18.0 Å². The molecule has 1 heterocycles. The summed E-state index contributed by atoms with van der Waals surface area (Å²) in [6, 6.07) is 6.88. The summed E-state index contributed by atoms with van der Waals surface area (Å²) in [4.78, 5) is 2.43. The summed E-state index contributed by atoms with van der Waals surface area (Å²) in [5.74, 6) is 0. The van der Waals surface area contributed by atoms with Gasteiger partial charge in [-0.25, -0.2) is 0 Å². The van der Waals surface area contributed by atoms with Gasteiger partial charge in [0.05, 0.1) is 0 Å². The Kier molecular flexibility index (Phi) is 3.87. The van der Waals surface area contributed by atoms with Crippen LogP contribution in [0.15, 0.2) is 22.7 Å². The Morgan fingerprint density at radius 3 is 3.00 bits per heavy atom. The predicted molar refractivity (Wildman–Crippen MR) is 72.9 cm³/mol. The number of rotatable bonds is 2.